The number of rotatable bonds is 7. The molecule has 1 aromatic heterocycles. The van der Waals surface area contributed by atoms with Crippen molar-refractivity contribution < 1.29 is 13.2 Å². The van der Waals surface area contributed by atoms with Crippen LogP contribution in [0.2, 0.25) is 0 Å². The summed E-state index contributed by atoms with van der Waals surface area (Å²) in [5, 5.41) is 2.63. The Hall–Kier alpha value is -1.41. The van der Waals surface area contributed by atoms with E-state index in [4.69, 9.17) is 0 Å². The maximum absolute atomic E-state index is 11.8. The second kappa shape index (κ2) is 6.85. The largest absolute Gasteiger partial charge is 0.355 e. The second-order valence-corrected chi connectivity index (χ2v) is 7.19. The Morgan fingerprint density at radius 2 is 2.15 bits per heavy atom. The molecule has 0 fully saturated rings. The summed E-state index contributed by atoms with van der Waals surface area (Å²) in [5.74, 6) is 0.588. The number of nitrogens with zero attached hydrogens (tertiary/aromatic N) is 3. The molecule has 0 aliphatic rings. The molecular weight excluding hydrogens is 280 g/mol. The van der Waals surface area contributed by atoms with Crippen LogP contribution in [0.1, 0.15) is 25.2 Å². The molecule has 1 N–H and O–H groups in total. The zero-order valence-electron chi connectivity index (χ0n) is 12.3. The lowest BCUT2D eigenvalue weighted by Gasteiger charge is -2.15. The second-order valence-electron chi connectivity index (χ2n) is 4.88. The van der Waals surface area contributed by atoms with Crippen LogP contribution in [0, 0.1) is 6.92 Å². The molecule has 0 saturated carbocycles. The van der Waals surface area contributed by atoms with Gasteiger partial charge in [-0.15, -0.1) is 0 Å². The van der Waals surface area contributed by atoms with E-state index in [9.17, 15) is 13.2 Å². The molecule has 0 aromatic carbocycles. The van der Waals surface area contributed by atoms with Crippen LogP contribution < -0.4 is 5.32 Å². The molecule has 8 heteroatoms. The summed E-state index contributed by atoms with van der Waals surface area (Å²) < 4.78 is 26.1. The molecule has 1 heterocycles. The Bertz CT molecular complexity index is 551. The molecule has 1 atom stereocenters. The molecule has 0 saturated heterocycles. The normalized spacial score (nSPS) is 13.4. The molecule has 1 rings (SSSR count). The van der Waals surface area contributed by atoms with Gasteiger partial charge in [-0.1, -0.05) is 0 Å². The molecule has 1 amide bonds. The number of amides is 1. The molecule has 1 aromatic rings. The first-order valence-corrected chi connectivity index (χ1v) is 8.01. The van der Waals surface area contributed by atoms with Crippen LogP contribution in [0.4, 0.5) is 0 Å². The first-order valence-electron chi connectivity index (χ1n) is 6.40. The van der Waals surface area contributed by atoms with Gasteiger partial charge in [0.1, 0.15) is 5.82 Å². The number of carbonyl (C=O) groups excluding carboxylic acids is 1. The standard InChI is InChI=1S/C12H22N4O3S/c1-10(16-7-5-13-11(16)2)9-12(17)14-6-8-20(18,19)15(3)4/h5,7,10H,6,8-9H2,1-4H3,(H,14,17)/t10-/m0/s1. The topological polar surface area (TPSA) is 84.3 Å². The van der Waals surface area contributed by atoms with Crippen LogP contribution in [0.5, 0.6) is 0 Å². The minimum Gasteiger partial charge on any atom is -0.355 e. The highest BCUT2D eigenvalue weighted by Gasteiger charge is 2.15. The van der Waals surface area contributed by atoms with Crippen molar-refractivity contribution in [2.24, 2.45) is 0 Å². The van der Waals surface area contributed by atoms with E-state index in [-0.39, 0.29) is 24.2 Å². The van der Waals surface area contributed by atoms with Crippen LogP contribution in [-0.2, 0) is 14.8 Å². The highest BCUT2D eigenvalue weighted by molar-refractivity contribution is 7.89. The molecule has 0 aliphatic heterocycles. The lowest BCUT2D eigenvalue weighted by Crippen LogP contribution is -2.34. The van der Waals surface area contributed by atoms with Crippen molar-refractivity contribution in [1.29, 1.82) is 0 Å². The number of sulfonamides is 1. The van der Waals surface area contributed by atoms with Gasteiger partial charge < -0.3 is 9.88 Å². The molecular formula is C12H22N4O3S. The summed E-state index contributed by atoms with van der Waals surface area (Å²) in [7, 11) is -0.322. The van der Waals surface area contributed by atoms with Crippen molar-refractivity contribution in [3.05, 3.63) is 18.2 Å². The van der Waals surface area contributed by atoms with Crippen LogP contribution in [-0.4, -0.2) is 54.6 Å². The van der Waals surface area contributed by atoms with Crippen molar-refractivity contribution >= 4 is 15.9 Å². The van der Waals surface area contributed by atoms with E-state index in [1.807, 2.05) is 24.6 Å². The van der Waals surface area contributed by atoms with Gasteiger partial charge in [-0.25, -0.2) is 17.7 Å². The average molecular weight is 302 g/mol. The summed E-state index contributed by atoms with van der Waals surface area (Å²) >= 11 is 0. The van der Waals surface area contributed by atoms with Crippen molar-refractivity contribution in [2.45, 2.75) is 26.3 Å². The highest BCUT2D eigenvalue weighted by Crippen LogP contribution is 2.12. The van der Waals surface area contributed by atoms with Gasteiger partial charge in [-0.05, 0) is 13.8 Å². The Morgan fingerprint density at radius 1 is 1.50 bits per heavy atom. The molecule has 0 spiro atoms. The highest BCUT2D eigenvalue weighted by atomic mass is 32.2. The third kappa shape index (κ3) is 4.61. The third-order valence-electron chi connectivity index (χ3n) is 3.06. The Morgan fingerprint density at radius 3 is 2.65 bits per heavy atom. The fraction of sp³-hybridized carbons (Fsp3) is 0.667. The number of hydrogen-bond donors (Lipinski definition) is 1. The lowest BCUT2D eigenvalue weighted by molar-refractivity contribution is -0.121. The van der Waals surface area contributed by atoms with Gasteiger partial charge in [-0.3, -0.25) is 4.79 Å². The van der Waals surface area contributed by atoms with Gasteiger partial charge in [-0.2, -0.15) is 0 Å². The fourth-order valence-electron chi connectivity index (χ4n) is 1.79. The molecule has 0 bridgehead atoms. The van der Waals surface area contributed by atoms with Crippen molar-refractivity contribution in [3.63, 3.8) is 0 Å². The minimum absolute atomic E-state index is 0.0112. The summed E-state index contributed by atoms with van der Waals surface area (Å²) in [6.07, 6.45) is 3.80. The van der Waals surface area contributed by atoms with E-state index in [2.05, 4.69) is 10.3 Å². The van der Waals surface area contributed by atoms with E-state index in [0.717, 1.165) is 10.1 Å². The van der Waals surface area contributed by atoms with Crippen LogP contribution >= 0.6 is 0 Å². The molecule has 114 valence electrons. The molecule has 0 aliphatic carbocycles. The third-order valence-corrected chi connectivity index (χ3v) is 4.89. The zero-order chi connectivity index (χ0) is 15.3. The maximum Gasteiger partial charge on any atom is 0.222 e. The van der Waals surface area contributed by atoms with E-state index >= 15 is 0 Å². The van der Waals surface area contributed by atoms with Crippen molar-refractivity contribution in [2.75, 3.05) is 26.4 Å². The van der Waals surface area contributed by atoms with Crippen LogP contribution in [0.25, 0.3) is 0 Å². The van der Waals surface area contributed by atoms with Crippen molar-refractivity contribution in [3.8, 4) is 0 Å². The van der Waals surface area contributed by atoms with Gasteiger partial charge >= 0.3 is 0 Å². The molecule has 7 nitrogen and oxygen atoms in total. The van der Waals surface area contributed by atoms with Gasteiger partial charge in [0.25, 0.3) is 0 Å². The SMILES string of the molecule is Cc1nccn1[C@@H](C)CC(=O)NCCS(=O)(=O)N(C)C. The van der Waals surface area contributed by atoms with Gasteiger partial charge in [0.15, 0.2) is 0 Å². The number of hydrogen-bond acceptors (Lipinski definition) is 4. The van der Waals surface area contributed by atoms with E-state index in [1.54, 1.807) is 6.20 Å². The zero-order valence-corrected chi connectivity index (χ0v) is 13.1. The Balaban J connectivity index is 2.40. The average Bonchev–Trinajstić information content (AvgIpc) is 2.74. The smallest absolute Gasteiger partial charge is 0.222 e. The van der Waals surface area contributed by atoms with Crippen LogP contribution in [0.15, 0.2) is 12.4 Å². The van der Waals surface area contributed by atoms with E-state index < -0.39 is 10.0 Å². The lowest BCUT2D eigenvalue weighted by atomic mass is 10.2. The quantitative estimate of drug-likeness (QED) is 0.777. The number of imidazole rings is 1. The maximum atomic E-state index is 11.8. The number of carbonyl (C=O) groups is 1. The van der Waals surface area contributed by atoms with Gasteiger partial charge in [0.2, 0.25) is 15.9 Å². The summed E-state index contributed by atoms with van der Waals surface area (Å²) in [4.78, 5) is 15.9. The number of aromatic nitrogens is 2. The Kier molecular flexibility index (Phi) is 5.70. The molecule has 20 heavy (non-hydrogen) atoms. The predicted octanol–water partition coefficient (Wildman–Crippen LogP) is 0.150. The summed E-state index contributed by atoms with van der Waals surface area (Å²) in [6.45, 7) is 3.91. The summed E-state index contributed by atoms with van der Waals surface area (Å²) in [5.41, 5.74) is 0. The number of nitrogens with one attached hydrogen (secondary N) is 1. The van der Waals surface area contributed by atoms with Gasteiger partial charge in [0.05, 0.1) is 5.75 Å². The van der Waals surface area contributed by atoms with Crippen molar-refractivity contribution in [1.82, 2.24) is 19.2 Å². The fourth-order valence-corrected chi connectivity index (χ4v) is 2.52. The van der Waals surface area contributed by atoms with Crippen LogP contribution in [0.3, 0.4) is 0 Å². The minimum atomic E-state index is -3.27. The number of aryl methyl sites for hydroxylation is 1. The Labute approximate surface area is 120 Å². The van der Waals surface area contributed by atoms with E-state index in [0.29, 0.717) is 6.42 Å². The molecule has 0 radical (unpaired) electrons. The predicted molar refractivity (Wildman–Crippen MR) is 76.8 cm³/mol. The molecule has 0 unspecified atom stereocenters. The van der Waals surface area contributed by atoms with Gasteiger partial charge in [0, 0.05) is 45.5 Å². The van der Waals surface area contributed by atoms with E-state index in [1.165, 1.54) is 14.1 Å². The monoisotopic (exact) mass is 302 g/mol. The first-order chi connectivity index (χ1) is 9.24. The first kappa shape index (κ1) is 16.6. The summed E-state index contributed by atoms with van der Waals surface area (Å²) in [6, 6.07) is -0.0112.